The molecule has 1 saturated heterocycles. The zero-order valence-electron chi connectivity index (χ0n) is 10.3. The van der Waals surface area contributed by atoms with E-state index in [1.165, 1.54) is 0 Å². The van der Waals surface area contributed by atoms with Crippen LogP contribution in [0.1, 0.15) is 38.5 Å². The van der Waals surface area contributed by atoms with Crippen LogP contribution in [0.4, 0.5) is 0 Å². The van der Waals surface area contributed by atoms with Gasteiger partial charge < -0.3 is 16.4 Å². The van der Waals surface area contributed by atoms with E-state index in [9.17, 15) is 9.59 Å². The molecule has 1 aliphatic heterocycles. The van der Waals surface area contributed by atoms with Crippen molar-refractivity contribution in [2.75, 3.05) is 6.54 Å². The van der Waals surface area contributed by atoms with Crippen molar-refractivity contribution in [3.05, 3.63) is 0 Å². The Hall–Kier alpha value is -1.17. The van der Waals surface area contributed by atoms with Crippen LogP contribution in [0, 0.1) is 5.41 Å². The van der Waals surface area contributed by atoms with Gasteiger partial charge >= 0.3 is 0 Å². The SMILES string of the molecule is NC(=S)C1(C(=O)NC2CNC(=O)C2)CCCCC1. The lowest BCUT2D eigenvalue weighted by molar-refractivity contribution is -0.129. The molecule has 2 aliphatic rings. The fourth-order valence-electron chi connectivity index (χ4n) is 2.77. The third kappa shape index (κ3) is 2.48. The molecule has 0 radical (unpaired) electrons. The molecule has 1 saturated carbocycles. The zero-order chi connectivity index (χ0) is 13.2. The molecule has 5 nitrogen and oxygen atoms in total. The first-order chi connectivity index (χ1) is 8.54. The molecule has 2 rings (SSSR count). The molecule has 6 heteroatoms. The minimum Gasteiger partial charge on any atom is -0.392 e. The Labute approximate surface area is 112 Å². The number of rotatable bonds is 3. The molecule has 0 aromatic heterocycles. The first-order valence-corrected chi connectivity index (χ1v) is 6.83. The molecule has 1 aliphatic carbocycles. The summed E-state index contributed by atoms with van der Waals surface area (Å²) >= 11 is 5.10. The van der Waals surface area contributed by atoms with Crippen LogP contribution in [0.15, 0.2) is 0 Å². The van der Waals surface area contributed by atoms with Crippen molar-refractivity contribution in [2.45, 2.75) is 44.6 Å². The minimum atomic E-state index is -0.695. The minimum absolute atomic E-state index is 0.0201. The molecule has 18 heavy (non-hydrogen) atoms. The van der Waals surface area contributed by atoms with E-state index in [1.54, 1.807) is 0 Å². The van der Waals surface area contributed by atoms with Gasteiger partial charge in [0.2, 0.25) is 11.8 Å². The number of nitrogens with one attached hydrogen (secondary N) is 2. The van der Waals surface area contributed by atoms with E-state index in [1.807, 2.05) is 0 Å². The van der Waals surface area contributed by atoms with Gasteiger partial charge in [0.15, 0.2) is 0 Å². The third-order valence-corrected chi connectivity index (χ3v) is 4.32. The fraction of sp³-hybridized carbons (Fsp3) is 0.750. The Morgan fingerprint density at radius 1 is 1.39 bits per heavy atom. The van der Waals surface area contributed by atoms with Gasteiger partial charge in [-0.05, 0) is 12.8 Å². The highest BCUT2D eigenvalue weighted by Gasteiger charge is 2.43. The summed E-state index contributed by atoms with van der Waals surface area (Å²) in [5.74, 6) is -0.121. The number of carbonyl (C=O) groups excluding carboxylic acids is 2. The maximum atomic E-state index is 12.4. The summed E-state index contributed by atoms with van der Waals surface area (Å²) in [6.07, 6.45) is 4.88. The largest absolute Gasteiger partial charge is 0.392 e. The Morgan fingerprint density at radius 2 is 2.06 bits per heavy atom. The van der Waals surface area contributed by atoms with E-state index in [0.717, 1.165) is 32.1 Å². The van der Waals surface area contributed by atoms with Crippen LogP contribution in [-0.2, 0) is 9.59 Å². The van der Waals surface area contributed by atoms with Crippen LogP contribution in [0.5, 0.6) is 0 Å². The zero-order valence-corrected chi connectivity index (χ0v) is 11.1. The lowest BCUT2D eigenvalue weighted by atomic mass is 9.73. The monoisotopic (exact) mass is 269 g/mol. The van der Waals surface area contributed by atoms with Crippen LogP contribution in [0.2, 0.25) is 0 Å². The highest BCUT2D eigenvalue weighted by molar-refractivity contribution is 7.80. The van der Waals surface area contributed by atoms with Crippen LogP contribution in [-0.4, -0.2) is 29.4 Å². The number of amides is 2. The molecule has 2 fully saturated rings. The summed E-state index contributed by atoms with van der Waals surface area (Å²) in [4.78, 5) is 23.8. The predicted octanol–water partition coefficient (Wildman–Crippen LogP) is 0.228. The molecular formula is C12H19N3O2S. The van der Waals surface area contributed by atoms with Crippen molar-refractivity contribution < 1.29 is 9.59 Å². The number of thiocarbonyl (C=S) groups is 1. The van der Waals surface area contributed by atoms with Crippen LogP contribution in [0.3, 0.4) is 0 Å². The van der Waals surface area contributed by atoms with Crippen LogP contribution < -0.4 is 16.4 Å². The molecule has 100 valence electrons. The Balaban J connectivity index is 2.04. The van der Waals surface area contributed by atoms with E-state index < -0.39 is 5.41 Å². The second-order valence-electron chi connectivity index (χ2n) is 5.19. The highest BCUT2D eigenvalue weighted by Crippen LogP contribution is 2.37. The standard InChI is InChI=1S/C12H19N3O2S/c13-10(18)12(4-2-1-3-5-12)11(17)15-8-6-9(16)14-7-8/h8H,1-7H2,(H2,13,18)(H,14,16)(H,15,17). The fourth-order valence-corrected chi connectivity index (χ4v) is 3.07. The number of carbonyl (C=O) groups is 2. The van der Waals surface area contributed by atoms with E-state index in [2.05, 4.69) is 10.6 Å². The molecule has 1 heterocycles. The molecule has 1 atom stereocenters. The Morgan fingerprint density at radius 3 is 2.56 bits per heavy atom. The van der Waals surface area contributed by atoms with Gasteiger partial charge in [0.25, 0.3) is 0 Å². The number of nitrogens with two attached hydrogens (primary N) is 1. The predicted molar refractivity (Wildman–Crippen MR) is 71.9 cm³/mol. The van der Waals surface area contributed by atoms with Gasteiger partial charge in [-0.15, -0.1) is 0 Å². The first-order valence-electron chi connectivity index (χ1n) is 6.42. The molecule has 0 bridgehead atoms. The van der Waals surface area contributed by atoms with Gasteiger partial charge in [-0.25, -0.2) is 0 Å². The van der Waals surface area contributed by atoms with Crippen molar-refractivity contribution in [2.24, 2.45) is 11.1 Å². The van der Waals surface area contributed by atoms with Gasteiger partial charge in [-0.3, -0.25) is 9.59 Å². The summed E-state index contributed by atoms with van der Waals surface area (Å²) in [5.41, 5.74) is 5.10. The molecule has 0 aromatic rings. The van der Waals surface area contributed by atoms with Crippen molar-refractivity contribution in [1.82, 2.24) is 10.6 Å². The molecule has 2 amide bonds. The van der Waals surface area contributed by atoms with Gasteiger partial charge in [0.1, 0.15) is 0 Å². The third-order valence-electron chi connectivity index (χ3n) is 3.93. The van der Waals surface area contributed by atoms with E-state index in [4.69, 9.17) is 18.0 Å². The lowest BCUT2D eigenvalue weighted by Gasteiger charge is -2.35. The maximum Gasteiger partial charge on any atom is 0.233 e. The van der Waals surface area contributed by atoms with Crippen molar-refractivity contribution >= 4 is 29.0 Å². The van der Waals surface area contributed by atoms with Crippen molar-refractivity contribution in [3.8, 4) is 0 Å². The van der Waals surface area contributed by atoms with Crippen molar-refractivity contribution in [1.29, 1.82) is 0 Å². The molecule has 0 aromatic carbocycles. The lowest BCUT2D eigenvalue weighted by Crippen LogP contribution is -2.52. The normalized spacial score (nSPS) is 26.4. The number of hydrogen-bond acceptors (Lipinski definition) is 3. The molecular weight excluding hydrogens is 250 g/mol. The smallest absolute Gasteiger partial charge is 0.233 e. The van der Waals surface area contributed by atoms with Crippen LogP contribution in [0.25, 0.3) is 0 Å². The summed E-state index contributed by atoms with van der Waals surface area (Å²) in [5, 5.41) is 5.61. The molecule has 1 unspecified atom stereocenters. The average molecular weight is 269 g/mol. The number of hydrogen-bond donors (Lipinski definition) is 3. The van der Waals surface area contributed by atoms with Crippen molar-refractivity contribution in [3.63, 3.8) is 0 Å². The Kier molecular flexibility index (Phi) is 3.85. The van der Waals surface area contributed by atoms with E-state index in [-0.39, 0.29) is 22.8 Å². The Bertz CT molecular complexity index is 378. The summed E-state index contributed by atoms with van der Waals surface area (Å²) in [6.45, 7) is 0.498. The second-order valence-corrected chi connectivity index (χ2v) is 5.63. The summed E-state index contributed by atoms with van der Waals surface area (Å²) in [7, 11) is 0. The maximum absolute atomic E-state index is 12.4. The average Bonchev–Trinajstić information content (AvgIpc) is 2.75. The van der Waals surface area contributed by atoms with Gasteiger partial charge in [-0.1, -0.05) is 31.5 Å². The quantitative estimate of drug-likeness (QED) is 0.640. The second kappa shape index (κ2) is 5.22. The summed E-state index contributed by atoms with van der Waals surface area (Å²) in [6, 6.07) is -0.127. The first kappa shape index (κ1) is 13.3. The molecule has 0 spiro atoms. The van der Waals surface area contributed by atoms with Gasteiger partial charge in [0, 0.05) is 13.0 Å². The van der Waals surface area contributed by atoms with Gasteiger partial charge in [0.05, 0.1) is 16.4 Å². The summed E-state index contributed by atoms with van der Waals surface area (Å²) < 4.78 is 0. The van der Waals surface area contributed by atoms with Gasteiger partial charge in [-0.2, -0.15) is 0 Å². The molecule has 4 N–H and O–H groups in total. The topological polar surface area (TPSA) is 84.2 Å². The van der Waals surface area contributed by atoms with E-state index in [0.29, 0.717) is 13.0 Å². The highest BCUT2D eigenvalue weighted by atomic mass is 32.1. The van der Waals surface area contributed by atoms with E-state index >= 15 is 0 Å². The van der Waals surface area contributed by atoms with Crippen LogP contribution >= 0.6 is 12.2 Å².